The largest absolute Gasteiger partial charge is 0.426 e. The Balaban J connectivity index is 2.16. The lowest BCUT2D eigenvalue weighted by atomic mass is 10.1. The fraction of sp³-hybridized carbons (Fsp3) is 0.200. The lowest BCUT2D eigenvalue weighted by Crippen LogP contribution is -2.14. The molecule has 130 valence electrons. The van der Waals surface area contributed by atoms with Crippen LogP contribution in [0.1, 0.15) is 20.8 Å². The van der Waals surface area contributed by atoms with Crippen LogP contribution in [0.15, 0.2) is 54.6 Å². The molecule has 0 aliphatic rings. The van der Waals surface area contributed by atoms with Gasteiger partial charge in [0, 0.05) is 5.57 Å². The molecule has 0 atom stereocenters. The molecule has 4 nitrogen and oxygen atoms in total. The van der Waals surface area contributed by atoms with E-state index < -0.39 is 11.8 Å². The van der Waals surface area contributed by atoms with Crippen LogP contribution in [0.25, 0.3) is 11.1 Å². The molecule has 0 radical (unpaired) electrons. The van der Waals surface area contributed by atoms with Crippen molar-refractivity contribution in [2.45, 2.75) is 20.8 Å². The third-order valence-electron chi connectivity index (χ3n) is 3.36. The number of halogens is 1. The van der Waals surface area contributed by atoms with E-state index in [1.807, 2.05) is 0 Å². The highest BCUT2D eigenvalue weighted by Gasteiger charge is 2.12. The minimum Gasteiger partial charge on any atom is -0.426 e. The molecule has 0 saturated heterocycles. The van der Waals surface area contributed by atoms with Gasteiger partial charge in [-0.25, -0.2) is 9.18 Å². The second-order valence-electron chi connectivity index (χ2n) is 5.92. The quantitative estimate of drug-likeness (QED) is 0.455. The molecule has 0 bridgehead atoms. The van der Waals surface area contributed by atoms with Crippen molar-refractivity contribution in [1.29, 1.82) is 0 Å². The summed E-state index contributed by atoms with van der Waals surface area (Å²) < 4.78 is 24.2. The molecule has 0 aliphatic heterocycles. The number of hydrogen-bond acceptors (Lipinski definition) is 4. The average Bonchev–Trinajstić information content (AvgIpc) is 2.57. The minimum atomic E-state index is -0.678. The van der Waals surface area contributed by atoms with Gasteiger partial charge in [0.25, 0.3) is 0 Å². The maximum Gasteiger partial charge on any atom is 0.338 e. The summed E-state index contributed by atoms with van der Waals surface area (Å²) in [6.07, 6.45) is 0. The first-order chi connectivity index (χ1) is 11.8. The zero-order chi connectivity index (χ0) is 18.6. The summed E-state index contributed by atoms with van der Waals surface area (Å²) in [5.74, 6) is -1.59. The topological polar surface area (TPSA) is 52.6 Å². The Labute approximate surface area is 145 Å². The van der Waals surface area contributed by atoms with Crippen LogP contribution < -0.4 is 9.47 Å². The first-order valence-corrected chi connectivity index (χ1v) is 7.77. The smallest absolute Gasteiger partial charge is 0.338 e. The number of rotatable bonds is 5. The Morgan fingerprint density at radius 2 is 1.60 bits per heavy atom. The van der Waals surface area contributed by atoms with Crippen LogP contribution in [0.5, 0.6) is 11.5 Å². The lowest BCUT2D eigenvalue weighted by molar-refractivity contribution is -0.137. The Bertz CT molecular complexity index is 807. The summed E-state index contributed by atoms with van der Waals surface area (Å²) in [5, 5.41) is 0. The molecule has 2 aromatic carbocycles. The van der Waals surface area contributed by atoms with Crippen molar-refractivity contribution in [2.24, 2.45) is 5.92 Å². The normalized spacial score (nSPS) is 10.4. The number of hydrogen-bond donors (Lipinski definition) is 0. The highest BCUT2D eigenvalue weighted by Crippen LogP contribution is 2.27. The second kappa shape index (κ2) is 7.75. The van der Waals surface area contributed by atoms with E-state index in [2.05, 4.69) is 6.58 Å². The Morgan fingerprint density at radius 3 is 2.12 bits per heavy atom. The fourth-order valence-corrected chi connectivity index (χ4v) is 1.90. The molecule has 0 spiro atoms. The first kappa shape index (κ1) is 18.4. The van der Waals surface area contributed by atoms with Gasteiger partial charge in [0.2, 0.25) is 0 Å². The summed E-state index contributed by atoms with van der Waals surface area (Å²) >= 11 is 0. The molecule has 0 heterocycles. The molecule has 0 fully saturated rings. The zero-order valence-electron chi connectivity index (χ0n) is 14.3. The number of carbonyl (C=O) groups is 2. The van der Waals surface area contributed by atoms with Crippen LogP contribution in [-0.4, -0.2) is 11.9 Å². The van der Waals surface area contributed by atoms with Crippen molar-refractivity contribution < 1.29 is 23.5 Å². The van der Waals surface area contributed by atoms with Crippen molar-refractivity contribution >= 4 is 11.9 Å². The van der Waals surface area contributed by atoms with E-state index in [0.29, 0.717) is 11.3 Å². The molecule has 5 heteroatoms. The predicted molar refractivity (Wildman–Crippen MR) is 92.8 cm³/mol. The molecule has 2 rings (SSSR count). The van der Waals surface area contributed by atoms with Crippen LogP contribution in [0.2, 0.25) is 0 Å². The number of benzene rings is 2. The molecule has 0 aliphatic carbocycles. The Hall–Kier alpha value is -2.95. The molecule has 0 N–H and O–H groups in total. The Kier molecular flexibility index (Phi) is 5.70. The van der Waals surface area contributed by atoms with Crippen molar-refractivity contribution in [3.8, 4) is 22.6 Å². The second-order valence-corrected chi connectivity index (χ2v) is 5.92. The minimum absolute atomic E-state index is 0.153. The van der Waals surface area contributed by atoms with E-state index in [4.69, 9.17) is 9.47 Å². The van der Waals surface area contributed by atoms with Crippen molar-refractivity contribution in [3.63, 3.8) is 0 Å². The summed E-state index contributed by atoms with van der Waals surface area (Å²) in [7, 11) is 0. The van der Waals surface area contributed by atoms with Crippen LogP contribution in [-0.2, 0) is 9.59 Å². The van der Waals surface area contributed by atoms with Crippen molar-refractivity contribution in [3.05, 3.63) is 60.4 Å². The third-order valence-corrected chi connectivity index (χ3v) is 3.36. The number of carbonyl (C=O) groups excluding carboxylic acids is 2. The summed E-state index contributed by atoms with van der Waals surface area (Å²) in [6.45, 7) is 8.44. The van der Waals surface area contributed by atoms with Crippen LogP contribution in [0, 0.1) is 11.7 Å². The lowest BCUT2D eigenvalue weighted by Gasteiger charge is -2.09. The molecule has 0 unspecified atom stereocenters. The van der Waals surface area contributed by atoms with Crippen LogP contribution in [0.3, 0.4) is 0 Å². The summed E-state index contributed by atoms with van der Waals surface area (Å²) in [4.78, 5) is 23.0. The van der Waals surface area contributed by atoms with Crippen molar-refractivity contribution in [1.82, 2.24) is 0 Å². The summed E-state index contributed by atoms with van der Waals surface area (Å²) in [5.41, 5.74) is 1.53. The molecule has 2 aromatic rings. The van der Waals surface area contributed by atoms with E-state index in [0.717, 1.165) is 5.56 Å². The van der Waals surface area contributed by atoms with E-state index in [1.165, 1.54) is 19.1 Å². The van der Waals surface area contributed by atoms with Gasteiger partial charge in [-0.2, -0.15) is 0 Å². The van der Waals surface area contributed by atoms with Gasteiger partial charge in [-0.15, -0.1) is 0 Å². The van der Waals surface area contributed by atoms with E-state index >= 15 is 0 Å². The maximum atomic E-state index is 14.1. The highest BCUT2D eigenvalue weighted by atomic mass is 19.1. The molecular formula is C20H19FO4. The molecule has 0 saturated carbocycles. The van der Waals surface area contributed by atoms with E-state index in [1.54, 1.807) is 44.2 Å². The predicted octanol–water partition coefficient (Wildman–Crippen LogP) is 4.54. The third kappa shape index (κ3) is 4.76. The first-order valence-electron chi connectivity index (χ1n) is 7.77. The van der Waals surface area contributed by atoms with Gasteiger partial charge in [0.05, 0.1) is 5.92 Å². The molecule has 0 aromatic heterocycles. The molecular weight excluding hydrogens is 323 g/mol. The number of ether oxygens (including phenoxy) is 2. The van der Waals surface area contributed by atoms with Gasteiger partial charge >= 0.3 is 11.9 Å². The standard InChI is InChI=1S/C20H19FO4/c1-12(2)19(22)24-16-8-5-14(6-9-16)15-7-10-18(17(21)11-15)25-20(23)13(3)4/h5-12H,3H2,1-2,4H3. The van der Waals surface area contributed by atoms with E-state index in [-0.39, 0.29) is 23.2 Å². The van der Waals surface area contributed by atoms with Crippen LogP contribution in [0.4, 0.5) is 4.39 Å². The van der Waals surface area contributed by atoms with Gasteiger partial charge in [-0.3, -0.25) is 4.79 Å². The maximum absolute atomic E-state index is 14.1. The Morgan fingerprint density at radius 1 is 1.00 bits per heavy atom. The SMILES string of the molecule is C=C(C)C(=O)Oc1ccc(-c2ccc(OC(=O)C(C)C)cc2)cc1F. The van der Waals surface area contributed by atoms with Gasteiger partial charge < -0.3 is 9.47 Å². The van der Waals surface area contributed by atoms with Gasteiger partial charge in [-0.05, 0) is 42.3 Å². The molecule has 25 heavy (non-hydrogen) atoms. The monoisotopic (exact) mass is 342 g/mol. The fourth-order valence-electron chi connectivity index (χ4n) is 1.90. The van der Waals surface area contributed by atoms with Gasteiger partial charge in [0.1, 0.15) is 5.75 Å². The zero-order valence-corrected chi connectivity index (χ0v) is 14.3. The number of esters is 2. The van der Waals surface area contributed by atoms with Crippen molar-refractivity contribution in [2.75, 3.05) is 0 Å². The average molecular weight is 342 g/mol. The summed E-state index contributed by atoms with van der Waals surface area (Å²) in [6, 6.07) is 11.0. The highest BCUT2D eigenvalue weighted by molar-refractivity contribution is 5.88. The van der Waals surface area contributed by atoms with E-state index in [9.17, 15) is 14.0 Å². The van der Waals surface area contributed by atoms with Gasteiger partial charge in [0.15, 0.2) is 11.6 Å². The molecule has 0 amide bonds. The van der Waals surface area contributed by atoms with Crippen LogP contribution >= 0.6 is 0 Å². The van der Waals surface area contributed by atoms with Gasteiger partial charge in [-0.1, -0.05) is 38.6 Å².